The van der Waals surface area contributed by atoms with Gasteiger partial charge in [0.05, 0.1) is 0 Å². The molecule has 1 aliphatic rings. The number of carboxylic acid groups (broad SMARTS) is 1. The lowest BCUT2D eigenvalue weighted by molar-refractivity contribution is 0.0689. The Hall–Kier alpha value is -2.37. The Balaban J connectivity index is 1.67. The molecule has 3 heterocycles. The molecule has 0 fully saturated rings. The molecular formula is C14H16N4O2. The Morgan fingerprint density at radius 3 is 3.10 bits per heavy atom. The van der Waals surface area contributed by atoms with Crippen LogP contribution in [0.25, 0.3) is 0 Å². The molecule has 0 saturated carbocycles. The van der Waals surface area contributed by atoms with E-state index in [1.807, 2.05) is 6.07 Å². The molecule has 1 aliphatic heterocycles. The van der Waals surface area contributed by atoms with Crippen molar-refractivity contribution in [1.29, 1.82) is 0 Å². The van der Waals surface area contributed by atoms with Crippen LogP contribution in [0.1, 0.15) is 28.2 Å². The summed E-state index contributed by atoms with van der Waals surface area (Å²) in [6.07, 6.45) is 4.64. The maximum Gasteiger partial charge on any atom is 0.356 e. The second-order valence-corrected chi connectivity index (χ2v) is 4.86. The van der Waals surface area contributed by atoms with E-state index in [1.165, 1.54) is 11.6 Å². The largest absolute Gasteiger partial charge is 0.476 e. The number of nitrogens with zero attached hydrogens (tertiary/aromatic N) is 3. The van der Waals surface area contributed by atoms with Crippen molar-refractivity contribution in [2.75, 3.05) is 11.9 Å². The van der Waals surface area contributed by atoms with Crippen LogP contribution < -0.4 is 5.32 Å². The van der Waals surface area contributed by atoms with E-state index < -0.39 is 5.97 Å². The van der Waals surface area contributed by atoms with Gasteiger partial charge in [-0.1, -0.05) is 6.07 Å². The Morgan fingerprint density at radius 1 is 1.40 bits per heavy atom. The molecule has 0 aromatic carbocycles. The van der Waals surface area contributed by atoms with Crippen LogP contribution in [0.15, 0.2) is 24.4 Å². The van der Waals surface area contributed by atoms with Gasteiger partial charge in [-0.25, -0.2) is 9.78 Å². The van der Waals surface area contributed by atoms with Crippen molar-refractivity contribution in [2.45, 2.75) is 25.8 Å². The number of fused-ring (bicyclic) bond motifs is 1. The summed E-state index contributed by atoms with van der Waals surface area (Å²) in [5.74, 6) is -0.0136. The number of aryl methyl sites for hydroxylation is 3. The van der Waals surface area contributed by atoms with Crippen LogP contribution >= 0.6 is 0 Å². The molecule has 0 atom stereocenters. The number of aromatic carboxylic acids is 1. The lowest BCUT2D eigenvalue weighted by atomic mass is 10.1. The van der Waals surface area contributed by atoms with Crippen LogP contribution in [0.4, 0.5) is 5.82 Å². The highest BCUT2D eigenvalue weighted by atomic mass is 16.4. The highest BCUT2D eigenvalue weighted by molar-refractivity contribution is 5.85. The van der Waals surface area contributed by atoms with E-state index in [2.05, 4.69) is 21.5 Å². The summed E-state index contributed by atoms with van der Waals surface area (Å²) < 4.78 is 1.64. The van der Waals surface area contributed by atoms with Crippen LogP contribution in [-0.2, 0) is 19.4 Å². The van der Waals surface area contributed by atoms with E-state index in [0.717, 1.165) is 37.3 Å². The fourth-order valence-electron chi connectivity index (χ4n) is 2.34. The molecule has 2 aromatic heterocycles. The predicted octanol–water partition coefficient (Wildman–Crippen LogP) is 1.58. The minimum Gasteiger partial charge on any atom is -0.476 e. The second-order valence-electron chi connectivity index (χ2n) is 4.86. The molecule has 3 rings (SSSR count). The van der Waals surface area contributed by atoms with Gasteiger partial charge in [-0.3, -0.25) is 4.68 Å². The van der Waals surface area contributed by atoms with Crippen LogP contribution in [0.3, 0.4) is 0 Å². The molecule has 2 aromatic rings. The van der Waals surface area contributed by atoms with Gasteiger partial charge in [0.1, 0.15) is 5.82 Å². The van der Waals surface area contributed by atoms with Crippen molar-refractivity contribution >= 4 is 11.8 Å². The number of nitrogens with one attached hydrogen (secondary N) is 1. The minimum absolute atomic E-state index is 0.0741. The average molecular weight is 272 g/mol. The highest BCUT2D eigenvalue weighted by Crippen LogP contribution is 2.19. The third-order valence-electron chi connectivity index (χ3n) is 3.41. The average Bonchev–Trinajstić information content (AvgIpc) is 2.94. The number of hydrogen-bond acceptors (Lipinski definition) is 4. The SMILES string of the molecule is O=C(O)c1ccn(CCc2ccc3c(n2)NCCC3)n1. The molecule has 20 heavy (non-hydrogen) atoms. The zero-order valence-electron chi connectivity index (χ0n) is 11.0. The van der Waals surface area contributed by atoms with Crippen LogP contribution in [0.5, 0.6) is 0 Å². The fraction of sp³-hybridized carbons (Fsp3) is 0.357. The predicted molar refractivity (Wildman–Crippen MR) is 73.9 cm³/mol. The van der Waals surface area contributed by atoms with Crippen molar-refractivity contribution in [3.05, 3.63) is 41.3 Å². The summed E-state index contributed by atoms with van der Waals surface area (Å²) in [6, 6.07) is 5.66. The molecule has 0 spiro atoms. The molecule has 0 amide bonds. The van der Waals surface area contributed by atoms with Gasteiger partial charge in [-0.05, 0) is 30.5 Å². The van der Waals surface area contributed by atoms with Gasteiger partial charge in [-0.15, -0.1) is 0 Å². The summed E-state index contributed by atoms with van der Waals surface area (Å²) >= 11 is 0. The lowest BCUT2D eigenvalue weighted by Crippen LogP contribution is -2.14. The Bertz CT molecular complexity index is 636. The molecule has 0 saturated heterocycles. The molecule has 0 bridgehead atoms. The lowest BCUT2D eigenvalue weighted by Gasteiger charge is -2.17. The van der Waals surface area contributed by atoms with Gasteiger partial charge in [-0.2, -0.15) is 5.10 Å². The van der Waals surface area contributed by atoms with Crippen molar-refractivity contribution in [3.8, 4) is 0 Å². The third kappa shape index (κ3) is 2.64. The van der Waals surface area contributed by atoms with Gasteiger partial charge in [0.2, 0.25) is 0 Å². The summed E-state index contributed by atoms with van der Waals surface area (Å²) in [6.45, 7) is 1.60. The normalized spacial score (nSPS) is 13.6. The van der Waals surface area contributed by atoms with Crippen LogP contribution in [0, 0.1) is 0 Å². The number of anilines is 1. The molecular weight excluding hydrogens is 256 g/mol. The third-order valence-corrected chi connectivity index (χ3v) is 3.41. The van der Waals surface area contributed by atoms with Crippen LogP contribution in [-0.4, -0.2) is 32.4 Å². The van der Waals surface area contributed by atoms with Crippen molar-refractivity contribution in [3.63, 3.8) is 0 Å². The zero-order valence-corrected chi connectivity index (χ0v) is 11.0. The maximum atomic E-state index is 10.8. The molecule has 104 valence electrons. The highest BCUT2D eigenvalue weighted by Gasteiger charge is 2.11. The van der Waals surface area contributed by atoms with Gasteiger partial charge in [0.15, 0.2) is 5.69 Å². The number of carbonyl (C=O) groups is 1. The van der Waals surface area contributed by atoms with Gasteiger partial charge in [0.25, 0.3) is 0 Å². The first kappa shape index (κ1) is 12.7. The van der Waals surface area contributed by atoms with E-state index in [9.17, 15) is 4.79 Å². The summed E-state index contributed by atoms with van der Waals surface area (Å²) in [7, 11) is 0. The second kappa shape index (κ2) is 5.32. The number of carboxylic acids is 1. The molecule has 6 nitrogen and oxygen atoms in total. The Kier molecular flexibility index (Phi) is 3.37. The Morgan fingerprint density at radius 2 is 2.30 bits per heavy atom. The Labute approximate surface area is 116 Å². The summed E-state index contributed by atoms with van der Waals surface area (Å²) in [5, 5.41) is 16.1. The number of aromatic nitrogens is 3. The van der Waals surface area contributed by atoms with Gasteiger partial charge in [0, 0.05) is 31.4 Å². The van der Waals surface area contributed by atoms with Gasteiger partial charge >= 0.3 is 5.97 Å². The van der Waals surface area contributed by atoms with E-state index in [1.54, 1.807) is 10.9 Å². The first-order valence-corrected chi connectivity index (χ1v) is 6.72. The minimum atomic E-state index is -1.00. The molecule has 0 radical (unpaired) electrons. The van der Waals surface area contributed by atoms with E-state index in [-0.39, 0.29) is 5.69 Å². The van der Waals surface area contributed by atoms with Gasteiger partial charge < -0.3 is 10.4 Å². The number of hydrogen-bond donors (Lipinski definition) is 2. The van der Waals surface area contributed by atoms with E-state index >= 15 is 0 Å². The quantitative estimate of drug-likeness (QED) is 0.883. The standard InChI is InChI=1S/C14H16N4O2/c19-14(20)12-6-9-18(17-12)8-5-11-4-3-10-2-1-7-15-13(10)16-11/h3-4,6,9H,1-2,5,7-8H2,(H,15,16)(H,19,20). The first-order valence-electron chi connectivity index (χ1n) is 6.72. The molecule has 6 heteroatoms. The molecule has 0 unspecified atom stereocenters. The number of pyridine rings is 1. The topological polar surface area (TPSA) is 80.0 Å². The first-order chi connectivity index (χ1) is 9.72. The number of rotatable bonds is 4. The zero-order chi connectivity index (χ0) is 13.9. The fourth-order valence-corrected chi connectivity index (χ4v) is 2.34. The van der Waals surface area contributed by atoms with Crippen LogP contribution in [0.2, 0.25) is 0 Å². The smallest absolute Gasteiger partial charge is 0.356 e. The van der Waals surface area contributed by atoms with Crippen molar-refractivity contribution in [1.82, 2.24) is 14.8 Å². The monoisotopic (exact) mass is 272 g/mol. The van der Waals surface area contributed by atoms with E-state index in [4.69, 9.17) is 5.11 Å². The van der Waals surface area contributed by atoms with Crippen molar-refractivity contribution < 1.29 is 9.90 Å². The molecule has 2 N–H and O–H groups in total. The summed E-state index contributed by atoms with van der Waals surface area (Å²) in [4.78, 5) is 15.4. The van der Waals surface area contributed by atoms with Crippen molar-refractivity contribution in [2.24, 2.45) is 0 Å². The molecule has 0 aliphatic carbocycles. The summed E-state index contributed by atoms with van der Waals surface area (Å²) in [5.41, 5.74) is 2.34. The maximum absolute atomic E-state index is 10.8. The van der Waals surface area contributed by atoms with E-state index in [0.29, 0.717) is 6.54 Å².